The Balaban J connectivity index is 2.05. The Morgan fingerprint density at radius 2 is 1.51 bits per heavy atom. The van der Waals surface area contributed by atoms with Gasteiger partial charge in [0.15, 0.2) is 11.9 Å². The minimum atomic E-state index is -3.37. The van der Waals surface area contributed by atoms with Gasteiger partial charge >= 0.3 is 35.3 Å². The number of alkyl carbamates (subject to hydrolysis) is 1. The third kappa shape index (κ3) is 9.60. The highest BCUT2D eigenvalue weighted by molar-refractivity contribution is 6.84. The van der Waals surface area contributed by atoms with E-state index in [1.165, 1.54) is 6.33 Å². The molecule has 0 aromatic carbocycles. The number of azide groups is 1. The van der Waals surface area contributed by atoms with Crippen LogP contribution in [0.2, 0.25) is 22.2 Å². The van der Waals surface area contributed by atoms with Crippen LogP contribution in [-0.4, -0.2) is 97.2 Å². The van der Waals surface area contributed by atoms with Crippen LogP contribution >= 0.6 is 0 Å². The van der Waals surface area contributed by atoms with E-state index in [-0.39, 0.29) is 34.6 Å². The van der Waals surface area contributed by atoms with Gasteiger partial charge in [-0.1, -0.05) is 69.2 Å². The number of carbonyl (C=O) groups excluding carboxylic acids is 3. The van der Waals surface area contributed by atoms with Crippen LogP contribution in [0.25, 0.3) is 21.5 Å². The van der Waals surface area contributed by atoms with E-state index in [0.29, 0.717) is 16.6 Å². The van der Waals surface area contributed by atoms with Crippen molar-refractivity contribution in [2.45, 2.75) is 174 Å². The molecule has 0 saturated carbocycles. The molecule has 2 aliphatic rings. The largest absolute Gasteiger partial charge is 0.455 e. The number of H-pyrrole nitrogens is 1. The molecule has 19 heteroatoms. The number of aromatic nitrogens is 3. The van der Waals surface area contributed by atoms with E-state index in [1.54, 1.807) is 66.5 Å². The molecular weight excluding hydrogens is 769 g/mol. The number of hydrogen-bond acceptors (Lipinski definition) is 12. The van der Waals surface area contributed by atoms with Crippen molar-refractivity contribution in [3.8, 4) is 0 Å². The van der Waals surface area contributed by atoms with Crippen molar-refractivity contribution in [1.29, 1.82) is 0 Å². The Morgan fingerprint density at radius 3 is 2.02 bits per heavy atom. The number of nitrogens with one attached hydrogen (secondary N) is 2. The van der Waals surface area contributed by atoms with Gasteiger partial charge in [-0.2, -0.15) is 0 Å². The Bertz CT molecular complexity index is 1800. The van der Waals surface area contributed by atoms with Crippen LogP contribution in [-0.2, 0) is 32.0 Å². The van der Waals surface area contributed by atoms with Crippen LogP contribution in [0.1, 0.15) is 122 Å². The number of amides is 2. The molecular formula is C38H64N8O9Si2. The maximum Gasteiger partial charge on any atom is 0.411 e. The molecule has 4 rings (SSSR count). The lowest BCUT2D eigenvalue weighted by atomic mass is 10.0. The quantitative estimate of drug-likeness (QED) is 0.0576. The van der Waals surface area contributed by atoms with Gasteiger partial charge in [-0.25, -0.2) is 24.4 Å². The number of rotatable bonds is 10. The number of fused-ring (bicyclic) bond motifs is 2. The first-order valence-corrected chi connectivity index (χ1v) is 23.8. The van der Waals surface area contributed by atoms with Gasteiger partial charge in [0, 0.05) is 16.7 Å². The zero-order chi connectivity index (χ0) is 43.0. The Hall–Kier alpha value is -3.75. The molecule has 0 aliphatic carbocycles. The molecule has 4 heterocycles. The van der Waals surface area contributed by atoms with Gasteiger partial charge in [-0.05, 0) is 80.3 Å². The molecule has 17 nitrogen and oxygen atoms in total. The normalized spacial score (nSPS) is 22.9. The van der Waals surface area contributed by atoms with Crippen LogP contribution in [0.5, 0.6) is 0 Å². The van der Waals surface area contributed by atoms with Gasteiger partial charge in [-0.3, -0.25) is 4.90 Å². The molecule has 0 radical (unpaired) electrons. The Morgan fingerprint density at radius 1 is 0.930 bits per heavy atom. The zero-order valence-electron chi connectivity index (χ0n) is 36.5. The average molecular weight is 833 g/mol. The number of ether oxygens (including phenoxy) is 3. The summed E-state index contributed by atoms with van der Waals surface area (Å²) in [4.78, 5) is 58.8. The predicted molar refractivity (Wildman–Crippen MR) is 219 cm³/mol. The summed E-state index contributed by atoms with van der Waals surface area (Å²) in [5.41, 5.74) is 8.48. The maximum atomic E-state index is 14.8. The van der Waals surface area contributed by atoms with Gasteiger partial charge in [0.2, 0.25) is 0 Å². The smallest absolute Gasteiger partial charge is 0.411 e. The third-order valence-electron chi connectivity index (χ3n) is 10.4. The van der Waals surface area contributed by atoms with Gasteiger partial charge in [0.1, 0.15) is 35.7 Å². The summed E-state index contributed by atoms with van der Waals surface area (Å²) in [6.45, 7) is 30.8. The molecule has 1 unspecified atom stereocenters. The average Bonchev–Trinajstić information content (AvgIpc) is 3.60. The molecule has 0 bridgehead atoms. The van der Waals surface area contributed by atoms with E-state index >= 15 is 0 Å². The summed E-state index contributed by atoms with van der Waals surface area (Å²) in [6, 6.07) is -3.07. The first kappa shape index (κ1) is 45.9. The fourth-order valence-corrected chi connectivity index (χ4v) is 19.1. The molecule has 2 aliphatic heterocycles. The first-order chi connectivity index (χ1) is 26.3. The van der Waals surface area contributed by atoms with Crippen molar-refractivity contribution < 1.29 is 41.6 Å². The molecule has 57 heavy (non-hydrogen) atoms. The zero-order valence-corrected chi connectivity index (χ0v) is 38.5. The second-order valence-corrected chi connectivity index (χ2v) is 27.4. The fraction of sp³-hybridized carbons (Fsp3) is 0.763. The molecule has 2 aromatic rings. The minimum absolute atomic E-state index is 0.0111. The van der Waals surface area contributed by atoms with E-state index in [4.69, 9.17) is 27.2 Å². The number of esters is 1. The van der Waals surface area contributed by atoms with Crippen molar-refractivity contribution >= 4 is 52.1 Å². The van der Waals surface area contributed by atoms with Crippen molar-refractivity contribution in [1.82, 2.24) is 25.2 Å². The summed E-state index contributed by atoms with van der Waals surface area (Å²) in [6.07, 6.45) is -0.793. The molecule has 2 aromatic heterocycles. The fourth-order valence-electron chi connectivity index (χ4n) is 7.84. The van der Waals surface area contributed by atoms with Crippen molar-refractivity contribution in [2.24, 2.45) is 11.0 Å². The second kappa shape index (κ2) is 17.2. The lowest BCUT2D eigenvalue weighted by Gasteiger charge is -2.52. The highest BCUT2D eigenvalue weighted by Crippen LogP contribution is 2.51. The van der Waals surface area contributed by atoms with E-state index < -0.39 is 82.7 Å². The van der Waals surface area contributed by atoms with Gasteiger partial charge in [0.05, 0.1) is 23.7 Å². The maximum absolute atomic E-state index is 14.8. The lowest BCUT2D eigenvalue weighted by molar-refractivity contribution is -0.159. The molecule has 2 saturated heterocycles. The molecule has 0 spiro atoms. The number of likely N-dealkylation sites (tertiary alicyclic amines) is 1. The summed E-state index contributed by atoms with van der Waals surface area (Å²) in [7, 11) is -6.48. The van der Waals surface area contributed by atoms with E-state index in [2.05, 4.69) is 85.7 Å². The molecule has 2 amide bonds. The van der Waals surface area contributed by atoms with Gasteiger partial charge in [0.25, 0.3) is 0 Å². The molecule has 2 fully saturated rings. The summed E-state index contributed by atoms with van der Waals surface area (Å²) >= 11 is 0. The monoisotopic (exact) mass is 832 g/mol. The van der Waals surface area contributed by atoms with Crippen LogP contribution in [0.4, 0.5) is 15.4 Å². The minimum Gasteiger partial charge on any atom is -0.455 e. The summed E-state index contributed by atoms with van der Waals surface area (Å²) in [5, 5.41) is 6.45. The molecule has 2 N–H and O–H groups in total. The first-order valence-electron chi connectivity index (χ1n) is 19.9. The molecule has 5 atom stereocenters. The van der Waals surface area contributed by atoms with Crippen LogP contribution in [0.15, 0.2) is 17.6 Å². The van der Waals surface area contributed by atoms with Gasteiger partial charge < -0.3 is 37.5 Å². The SMILES string of the molecule is CC(C)C(NC(=O)OC(C)(C)C)C(=O)O[C@@H]1[C@@H]2O[Si](C(C)C)(C(C)C)O[Si](C(C)C)(C(C)C)OC[C@H]2N(C(=O)OC(C)(C)C)[C@H]1c1c[nH]c2c(N=[N+]=[N-])ncnc12. The van der Waals surface area contributed by atoms with Crippen molar-refractivity contribution in [2.75, 3.05) is 6.61 Å². The van der Waals surface area contributed by atoms with Crippen molar-refractivity contribution in [3.05, 3.63) is 28.5 Å². The number of aromatic amines is 1. The van der Waals surface area contributed by atoms with Crippen LogP contribution in [0.3, 0.4) is 0 Å². The van der Waals surface area contributed by atoms with Crippen LogP contribution < -0.4 is 5.32 Å². The van der Waals surface area contributed by atoms with E-state index in [9.17, 15) is 19.9 Å². The Kier molecular flexibility index (Phi) is 13.9. The summed E-state index contributed by atoms with van der Waals surface area (Å²) < 4.78 is 40.4. The highest BCUT2D eigenvalue weighted by atomic mass is 28.5. The predicted octanol–water partition coefficient (Wildman–Crippen LogP) is 8.98. The van der Waals surface area contributed by atoms with Crippen LogP contribution in [0, 0.1) is 5.92 Å². The van der Waals surface area contributed by atoms with Gasteiger partial charge in [-0.15, -0.1) is 0 Å². The number of hydrogen-bond donors (Lipinski definition) is 2. The summed E-state index contributed by atoms with van der Waals surface area (Å²) in [5.74, 6) is -1.15. The van der Waals surface area contributed by atoms with E-state index in [0.717, 1.165) is 0 Å². The second-order valence-electron chi connectivity index (χ2n) is 18.6. The molecule has 318 valence electrons. The lowest BCUT2D eigenvalue weighted by Crippen LogP contribution is -2.66. The topological polar surface area (TPSA) is 212 Å². The van der Waals surface area contributed by atoms with E-state index in [1.807, 2.05) is 0 Å². The third-order valence-corrected chi connectivity index (χ3v) is 20.6. The standard InChI is InChI=1S/C38H64N8O9Si2/c1-20(2)27(43-35(48)52-37(11,12)13)34(47)51-32-30(25-17-40-29-28(25)41-19-42-33(29)44-45-39)46(36(49)53-38(14,15)16)26-18-50-56(21(3)4,22(5)6)55-57(23(7)8,24(9)10)54-31(26)32/h17,19-24,26-27,30-32,40H,18H2,1-16H3,(H,43,48)/t26-,27?,30+,31-,32+/m1/s1. The number of carbonyl (C=O) groups is 3. The highest BCUT2D eigenvalue weighted by Gasteiger charge is 2.65. The Labute approximate surface area is 338 Å². The van der Waals surface area contributed by atoms with Crippen molar-refractivity contribution in [3.63, 3.8) is 0 Å². The number of nitrogens with zero attached hydrogens (tertiary/aromatic N) is 6.